The third-order valence-corrected chi connectivity index (χ3v) is 1.96. The second-order valence-electron chi connectivity index (χ2n) is 2.89. The summed E-state index contributed by atoms with van der Waals surface area (Å²) in [6, 6.07) is 0. The van der Waals surface area contributed by atoms with Gasteiger partial charge in [0.25, 0.3) is 0 Å². The van der Waals surface area contributed by atoms with E-state index in [1.165, 1.54) is 0 Å². The molecular formula is C7H12O3. The van der Waals surface area contributed by atoms with Crippen LogP contribution in [0.4, 0.5) is 0 Å². The fraction of sp³-hybridized carbons (Fsp3) is 0.857. The number of carbonyl (C=O) groups excluding carboxylic acids is 1. The number of cyclic esters (lactones) is 1. The van der Waals surface area contributed by atoms with Gasteiger partial charge in [0.15, 0.2) is 0 Å². The Hall–Kier alpha value is -0.570. The second kappa shape index (κ2) is 2.58. The molecule has 1 heterocycles. The van der Waals surface area contributed by atoms with Crippen LogP contribution in [0.3, 0.4) is 0 Å². The van der Waals surface area contributed by atoms with E-state index in [1.54, 1.807) is 6.92 Å². The maximum absolute atomic E-state index is 10.8. The Kier molecular flexibility index (Phi) is 1.94. The first kappa shape index (κ1) is 7.54. The van der Waals surface area contributed by atoms with Crippen LogP contribution in [0.2, 0.25) is 0 Å². The van der Waals surface area contributed by atoms with E-state index in [0.29, 0.717) is 6.61 Å². The molecule has 0 bridgehead atoms. The lowest BCUT2D eigenvalue weighted by Crippen LogP contribution is -2.40. The highest BCUT2D eigenvalue weighted by Gasteiger charge is 2.33. The fourth-order valence-corrected chi connectivity index (χ4v) is 1.08. The van der Waals surface area contributed by atoms with Gasteiger partial charge in [0, 0.05) is 5.92 Å². The topological polar surface area (TPSA) is 46.5 Å². The third-order valence-electron chi connectivity index (χ3n) is 1.96. The molecule has 1 aliphatic heterocycles. The lowest BCUT2D eigenvalue weighted by Gasteiger charge is -2.28. The molecule has 3 atom stereocenters. The number of aliphatic hydroxyl groups excluding tert-OH is 1. The molecule has 1 saturated heterocycles. The zero-order valence-corrected chi connectivity index (χ0v) is 6.20. The number of carbonyl (C=O) groups is 1. The summed E-state index contributed by atoms with van der Waals surface area (Å²) in [5.41, 5.74) is 0. The first-order valence-corrected chi connectivity index (χ1v) is 3.47. The van der Waals surface area contributed by atoms with Crippen molar-refractivity contribution in [3.8, 4) is 0 Å². The molecule has 0 radical (unpaired) electrons. The lowest BCUT2D eigenvalue weighted by atomic mass is 9.92. The molecule has 0 aromatic rings. The van der Waals surface area contributed by atoms with Gasteiger partial charge in [0.1, 0.15) is 0 Å². The van der Waals surface area contributed by atoms with Crippen molar-refractivity contribution in [2.45, 2.75) is 20.0 Å². The molecule has 10 heavy (non-hydrogen) atoms. The van der Waals surface area contributed by atoms with Gasteiger partial charge in [-0.25, -0.2) is 0 Å². The van der Waals surface area contributed by atoms with Crippen molar-refractivity contribution in [1.29, 1.82) is 0 Å². The second-order valence-corrected chi connectivity index (χ2v) is 2.89. The lowest BCUT2D eigenvalue weighted by molar-refractivity contribution is -0.164. The van der Waals surface area contributed by atoms with Gasteiger partial charge in [0.2, 0.25) is 0 Å². The summed E-state index contributed by atoms with van der Waals surface area (Å²) in [6.45, 7) is 3.90. The Bertz CT molecular complexity index is 144. The highest BCUT2D eigenvalue weighted by Crippen LogP contribution is 2.20. The summed E-state index contributed by atoms with van der Waals surface area (Å²) in [7, 11) is 0. The number of hydrogen-bond donors (Lipinski definition) is 1. The predicted octanol–water partition coefficient (Wildman–Crippen LogP) is 0.176. The van der Waals surface area contributed by atoms with Crippen LogP contribution in [0.1, 0.15) is 13.8 Å². The molecule has 0 unspecified atom stereocenters. The smallest absolute Gasteiger partial charge is 0.311 e. The van der Waals surface area contributed by atoms with Crippen LogP contribution in [-0.4, -0.2) is 23.8 Å². The van der Waals surface area contributed by atoms with Gasteiger partial charge in [-0.2, -0.15) is 0 Å². The molecule has 0 amide bonds. The number of esters is 1. The minimum absolute atomic E-state index is 0.0766. The maximum atomic E-state index is 10.8. The number of hydrogen-bond acceptors (Lipinski definition) is 3. The van der Waals surface area contributed by atoms with Gasteiger partial charge >= 0.3 is 5.97 Å². The van der Waals surface area contributed by atoms with Gasteiger partial charge in [-0.3, -0.25) is 4.79 Å². The van der Waals surface area contributed by atoms with Crippen molar-refractivity contribution in [2.75, 3.05) is 6.61 Å². The Morgan fingerprint density at radius 2 is 2.20 bits per heavy atom. The highest BCUT2D eigenvalue weighted by molar-refractivity contribution is 5.73. The van der Waals surface area contributed by atoms with E-state index in [0.717, 1.165) is 0 Å². The largest absolute Gasteiger partial charge is 0.465 e. The summed E-state index contributed by atoms with van der Waals surface area (Å²) >= 11 is 0. The van der Waals surface area contributed by atoms with Crippen LogP contribution >= 0.6 is 0 Å². The summed E-state index contributed by atoms with van der Waals surface area (Å²) in [4.78, 5) is 10.8. The van der Waals surface area contributed by atoms with Crippen LogP contribution in [0.25, 0.3) is 0 Å². The minimum atomic E-state index is -0.527. The quantitative estimate of drug-likeness (QED) is 0.493. The van der Waals surface area contributed by atoms with Crippen molar-refractivity contribution >= 4 is 5.97 Å². The molecule has 1 rings (SSSR count). The van der Waals surface area contributed by atoms with Crippen molar-refractivity contribution in [3.05, 3.63) is 0 Å². The molecule has 0 aromatic heterocycles. The van der Waals surface area contributed by atoms with Crippen LogP contribution < -0.4 is 0 Å². The number of rotatable bonds is 0. The number of ether oxygens (including phenoxy) is 1. The molecular weight excluding hydrogens is 132 g/mol. The molecule has 3 nitrogen and oxygen atoms in total. The van der Waals surface area contributed by atoms with Crippen LogP contribution in [-0.2, 0) is 9.53 Å². The van der Waals surface area contributed by atoms with Crippen LogP contribution in [0.15, 0.2) is 0 Å². The molecule has 58 valence electrons. The van der Waals surface area contributed by atoms with E-state index >= 15 is 0 Å². The fourth-order valence-electron chi connectivity index (χ4n) is 1.08. The summed E-state index contributed by atoms with van der Waals surface area (Å²) in [5.74, 6) is -0.568. The van der Waals surface area contributed by atoms with E-state index in [1.807, 2.05) is 6.92 Å². The molecule has 0 aliphatic carbocycles. The highest BCUT2D eigenvalue weighted by atomic mass is 16.5. The van der Waals surface area contributed by atoms with Gasteiger partial charge in [0.05, 0.1) is 18.6 Å². The summed E-state index contributed by atoms with van der Waals surface area (Å²) < 4.78 is 4.77. The average molecular weight is 144 g/mol. The van der Waals surface area contributed by atoms with Crippen molar-refractivity contribution in [3.63, 3.8) is 0 Å². The van der Waals surface area contributed by atoms with E-state index in [9.17, 15) is 9.90 Å². The molecule has 0 spiro atoms. The van der Waals surface area contributed by atoms with Crippen LogP contribution in [0, 0.1) is 11.8 Å². The van der Waals surface area contributed by atoms with Gasteiger partial charge in [-0.1, -0.05) is 6.92 Å². The minimum Gasteiger partial charge on any atom is -0.465 e. The van der Waals surface area contributed by atoms with Crippen molar-refractivity contribution < 1.29 is 14.6 Å². The van der Waals surface area contributed by atoms with Crippen LogP contribution in [0.5, 0.6) is 0 Å². The predicted molar refractivity (Wildman–Crippen MR) is 35.3 cm³/mol. The van der Waals surface area contributed by atoms with Crippen molar-refractivity contribution in [1.82, 2.24) is 0 Å². The summed E-state index contributed by atoms with van der Waals surface area (Å²) in [6.07, 6.45) is -0.527. The number of aliphatic hydroxyl groups is 1. The average Bonchev–Trinajstić information content (AvgIpc) is 1.93. The van der Waals surface area contributed by atoms with Crippen molar-refractivity contribution in [2.24, 2.45) is 11.8 Å². The molecule has 1 fully saturated rings. The van der Waals surface area contributed by atoms with Gasteiger partial charge < -0.3 is 9.84 Å². The van der Waals surface area contributed by atoms with E-state index < -0.39 is 6.10 Å². The van der Waals surface area contributed by atoms with E-state index in [4.69, 9.17) is 4.74 Å². The first-order chi connectivity index (χ1) is 4.63. The third kappa shape index (κ3) is 1.14. The maximum Gasteiger partial charge on any atom is 0.311 e. The molecule has 1 N–H and O–H groups in total. The monoisotopic (exact) mass is 144 g/mol. The Morgan fingerprint density at radius 1 is 1.60 bits per heavy atom. The van der Waals surface area contributed by atoms with E-state index in [-0.39, 0.29) is 17.8 Å². The van der Waals surface area contributed by atoms with Gasteiger partial charge in [-0.15, -0.1) is 0 Å². The summed E-state index contributed by atoms with van der Waals surface area (Å²) in [5, 5.41) is 9.32. The Morgan fingerprint density at radius 3 is 2.70 bits per heavy atom. The standard InChI is InChI=1S/C7H12O3/c1-4-3-10-7(9)5(2)6(4)8/h4-6,8H,3H2,1-2H3/t4-,5-,6-/m0/s1. The first-order valence-electron chi connectivity index (χ1n) is 3.47. The van der Waals surface area contributed by atoms with E-state index in [2.05, 4.69) is 0 Å². The Balaban J connectivity index is 2.60. The Labute approximate surface area is 60.0 Å². The molecule has 0 saturated carbocycles. The zero-order valence-electron chi connectivity index (χ0n) is 6.20. The molecule has 3 heteroatoms. The molecule has 0 aromatic carbocycles. The zero-order chi connectivity index (χ0) is 7.72. The SMILES string of the molecule is C[C@@H]1C(=O)OC[C@H](C)[C@@H]1O. The normalized spacial score (nSPS) is 41.1. The molecule has 1 aliphatic rings. The van der Waals surface area contributed by atoms with Gasteiger partial charge in [-0.05, 0) is 6.92 Å².